The van der Waals surface area contributed by atoms with Crippen LogP contribution in [0, 0.1) is 11.7 Å². The monoisotopic (exact) mass is 268 g/mol. The molecule has 18 heavy (non-hydrogen) atoms. The molecule has 1 atom stereocenters. The van der Waals surface area contributed by atoms with E-state index < -0.39 is 23.5 Å². The zero-order valence-electron chi connectivity index (χ0n) is 9.52. The highest BCUT2D eigenvalue weighted by atomic mass is 32.1. The van der Waals surface area contributed by atoms with Crippen molar-refractivity contribution in [2.45, 2.75) is 18.9 Å². The van der Waals surface area contributed by atoms with Gasteiger partial charge >= 0.3 is 0 Å². The predicted octanol–water partition coefficient (Wildman–Crippen LogP) is 1.33. The van der Waals surface area contributed by atoms with Crippen LogP contribution in [0.5, 0.6) is 5.75 Å². The number of nitrogens with one attached hydrogen (secondary N) is 1. The first-order valence-corrected chi connectivity index (χ1v) is 5.99. The van der Waals surface area contributed by atoms with Crippen LogP contribution in [0.3, 0.4) is 0 Å². The van der Waals surface area contributed by atoms with Gasteiger partial charge in [0.25, 0.3) is 5.91 Å². The molecule has 96 valence electrons. The molecule has 0 aliphatic heterocycles. The smallest absolute Gasteiger partial charge is 0.258 e. The van der Waals surface area contributed by atoms with Crippen molar-refractivity contribution in [2.75, 3.05) is 0 Å². The minimum atomic E-state index is -0.773. The number of amides is 1. The van der Waals surface area contributed by atoms with Crippen molar-refractivity contribution in [3.8, 4) is 5.75 Å². The van der Waals surface area contributed by atoms with Crippen molar-refractivity contribution in [3.05, 3.63) is 29.6 Å². The topological polar surface area (TPSA) is 75.3 Å². The van der Waals surface area contributed by atoms with Crippen LogP contribution in [0.4, 0.5) is 4.39 Å². The van der Waals surface area contributed by atoms with E-state index in [-0.39, 0.29) is 16.5 Å². The second kappa shape index (κ2) is 4.89. The average molecular weight is 268 g/mol. The van der Waals surface area contributed by atoms with Gasteiger partial charge in [0.2, 0.25) is 0 Å². The van der Waals surface area contributed by atoms with Crippen molar-refractivity contribution in [3.63, 3.8) is 0 Å². The Labute approximate surface area is 109 Å². The second-order valence-electron chi connectivity index (χ2n) is 4.32. The second-order valence-corrected chi connectivity index (χ2v) is 4.80. The van der Waals surface area contributed by atoms with Gasteiger partial charge in [-0.3, -0.25) is 4.79 Å². The number of thiocarbonyl (C=S) groups is 1. The molecule has 1 unspecified atom stereocenters. The van der Waals surface area contributed by atoms with E-state index in [1.807, 2.05) is 0 Å². The van der Waals surface area contributed by atoms with Crippen LogP contribution in [-0.2, 0) is 0 Å². The Kier molecular flexibility index (Phi) is 3.47. The molecule has 6 heteroatoms. The van der Waals surface area contributed by atoms with Gasteiger partial charge in [-0.15, -0.1) is 0 Å². The van der Waals surface area contributed by atoms with Gasteiger partial charge in [-0.2, -0.15) is 0 Å². The maximum atomic E-state index is 13.5. The van der Waals surface area contributed by atoms with Crippen molar-refractivity contribution in [1.29, 1.82) is 0 Å². The summed E-state index contributed by atoms with van der Waals surface area (Å²) in [7, 11) is 0. The molecule has 1 aromatic carbocycles. The molecule has 4 nitrogen and oxygen atoms in total. The first kappa shape index (κ1) is 12.8. The lowest BCUT2D eigenvalue weighted by atomic mass is 10.1. The maximum Gasteiger partial charge on any atom is 0.258 e. The van der Waals surface area contributed by atoms with E-state index in [0.717, 1.165) is 18.9 Å². The minimum Gasteiger partial charge on any atom is -0.507 e. The zero-order valence-corrected chi connectivity index (χ0v) is 10.3. The van der Waals surface area contributed by atoms with Crippen LogP contribution in [0.25, 0.3) is 0 Å². The average Bonchev–Trinajstić information content (AvgIpc) is 3.09. The molecule has 1 aromatic rings. The Morgan fingerprint density at radius 1 is 1.56 bits per heavy atom. The molecule has 1 aliphatic carbocycles. The number of carbonyl (C=O) groups excluding carboxylic acids is 1. The normalized spacial score (nSPS) is 16.1. The molecule has 4 N–H and O–H groups in total. The predicted molar refractivity (Wildman–Crippen MR) is 68.8 cm³/mol. The SMILES string of the molecule is NC(=S)C(NC(=O)c1c(O)cccc1F)C1CC1. The summed E-state index contributed by atoms with van der Waals surface area (Å²) >= 11 is 4.87. The molecular formula is C12H13FN2O2S. The first-order chi connectivity index (χ1) is 8.50. The number of aromatic hydroxyl groups is 1. The van der Waals surface area contributed by atoms with Crippen LogP contribution in [-0.4, -0.2) is 22.0 Å². The summed E-state index contributed by atoms with van der Waals surface area (Å²) in [6.45, 7) is 0. The van der Waals surface area contributed by atoms with Crippen molar-refractivity contribution >= 4 is 23.1 Å². The van der Waals surface area contributed by atoms with Gasteiger partial charge in [0.15, 0.2) is 0 Å². The van der Waals surface area contributed by atoms with Gasteiger partial charge in [-0.1, -0.05) is 18.3 Å². The number of phenolic OH excluding ortho intramolecular Hbond substituents is 1. The van der Waals surface area contributed by atoms with Crippen LogP contribution in [0.2, 0.25) is 0 Å². The molecule has 0 radical (unpaired) electrons. The molecule has 0 spiro atoms. The number of carbonyl (C=O) groups is 1. The van der Waals surface area contributed by atoms with Gasteiger partial charge in [-0.25, -0.2) is 4.39 Å². The van der Waals surface area contributed by atoms with Crippen molar-refractivity contribution in [2.24, 2.45) is 11.7 Å². The third-order valence-electron chi connectivity index (χ3n) is 2.91. The summed E-state index contributed by atoms with van der Waals surface area (Å²) in [4.78, 5) is 12.1. The highest BCUT2D eigenvalue weighted by molar-refractivity contribution is 7.80. The minimum absolute atomic E-state index is 0.182. The fourth-order valence-corrected chi connectivity index (χ4v) is 2.05. The fraction of sp³-hybridized carbons (Fsp3) is 0.333. The van der Waals surface area contributed by atoms with Crippen molar-refractivity contribution < 1.29 is 14.3 Å². The van der Waals surface area contributed by atoms with Crippen LogP contribution < -0.4 is 11.1 Å². The lowest BCUT2D eigenvalue weighted by Crippen LogP contribution is -2.45. The molecule has 0 heterocycles. The summed E-state index contributed by atoms with van der Waals surface area (Å²) in [5.41, 5.74) is 5.17. The molecular weight excluding hydrogens is 255 g/mol. The van der Waals surface area contributed by atoms with Gasteiger partial charge in [-0.05, 0) is 30.9 Å². The van der Waals surface area contributed by atoms with Crippen LogP contribution in [0.15, 0.2) is 18.2 Å². The number of hydrogen-bond donors (Lipinski definition) is 3. The number of hydrogen-bond acceptors (Lipinski definition) is 3. The van der Waals surface area contributed by atoms with E-state index >= 15 is 0 Å². The van der Waals surface area contributed by atoms with Gasteiger partial charge in [0.05, 0.1) is 11.0 Å². The number of rotatable bonds is 4. The van der Waals surface area contributed by atoms with E-state index in [1.165, 1.54) is 12.1 Å². The van der Waals surface area contributed by atoms with E-state index in [9.17, 15) is 14.3 Å². The fourth-order valence-electron chi connectivity index (χ4n) is 1.80. The standard InChI is InChI=1S/C12H13FN2O2S/c13-7-2-1-3-8(16)9(7)12(17)15-10(11(14)18)6-4-5-6/h1-3,6,10,16H,4-5H2,(H2,14,18)(H,15,17). The number of benzene rings is 1. The maximum absolute atomic E-state index is 13.5. The molecule has 1 saturated carbocycles. The van der Waals surface area contributed by atoms with Gasteiger partial charge < -0.3 is 16.2 Å². The third kappa shape index (κ3) is 2.59. The highest BCUT2D eigenvalue weighted by Crippen LogP contribution is 2.33. The lowest BCUT2D eigenvalue weighted by Gasteiger charge is -2.17. The summed E-state index contributed by atoms with van der Waals surface area (Å²) in [5.74, 6) is -1.65. The molecule has 0 aromatic heterocycles. The number of phenols is 1. The summed E-state index contributed by atoms with van der Waals surface area (Å²) in [6, 6.07) is 3.26. The number of halogens is 1. The Morgan fingerprint density at radius 3 is 2.72 bits per heavy atom. The van der Waals surface area contributed by atoms with Gasteiger partial charge in [0, 0.05) is 0 Å². The molecule has 0 bridgehead atoms. The molecule has 1 aliphatic rings. The van der Waals surface area contributed by atoms with E-state index in [2.05, 4.69) is 5.32 Å². The van der Waals surface area contributed by atoms with E-state index in [4.69, 9.17) is 18.0 Å². The number of nitrogens with two attached hydrogens (primary N) is 1. The van der Waals surface area contributed by atoms with E-state index in [0.29, 0.717) is 0 Å². The van der Waals surface area contributed by atoms with E-state index in [1.54, 1.807) is 0 Å². The van der Waals surface area contributed by atoms with Gasteiger partial charge in [0.1, 0.15) is 17.1 Å². The molecule has 2 rings (SSSR count). The molecule has 1 fully saturated rings. The zero-order chi connectivity index (χ0) is 13.3. The Bertz CT molecular complexity index is 483. The van der Waals surface area contributed by atoms with Crippen LogP contribution in [0.1, 0.15) is 23.2 Å². The Balaban J connectivity index is 2.18. The first-order valence-electron chi connectivity index (χ1n) is 5.58. The summed E-state index contributed by atoms with van der Waals surface area (Å²) in [5, 5.41) is 12.1. The largest absolute Gasteiger partial charge is 0.507 e. The molecule has 1 amide bonds. The molecule has 0 saturated heterocycles. The third-order valence-corrected chi connectivity index (χ3v) is 3.16. The van der Waals surface area contributed by atoms with Crippen LogP contribution >= 0.6 is 12.2 Å². The lowest BCUT2D eigenvalue weighted by molar-refractivity contribution is 0.0937. The Morgan fingerprint density at radius 2 is 2.22 bits per heavy atom. The summed E-state index contributed by atoms with van der Waals surface area (Å²) in [6.07, 6.45) is 1.87. The Hall–Kier alpha value is -1.69. The highest BCUT2D eigenvalue weighted by Gasteiger charge is 2.35. The quantitative estimate of drug-likeness (QED) is 0.720. The summed E-state index contributed by atoms with van der Waals surface area (Å²) < 4.78 is 13.5. The van der Waals surface area contributed by atoms with Crippen molar-refractivity contribution in [1.82, 2.24) is 5.32 Å².